The lowest BCUT2D eigenvalue weighted by Crippen LogP contribution is -2.18. The van der Waals surface area contributed by atoms with E-state index in [0.717, 1.165) is 15.6 Å². The van der Waals surface area contributed by atoms with Crippen molar-refractivity contribution in [1.82, 2.24) is 5.43 Å². The first-order chi connectivity index (χ1) is 16.0. The van der Waals surface area contributed by atoms with Crippen LogP contribution in [0.5, 0.6) is 17.2 Å². The highest BCUT2D eigenvalue weighted by Gasteiger charge is 2.11. The van der Waals surface area contributed by atoms with E-state index in [2.05, 4.69) is 38.6 Å². The molecule has 3 rings (SSSR count). The highest BCUT2D eigenvalue weighted by Crippen LogP contribution is 2.28. The molecule has 0 fully saturated rings. The standard InChI is InChI=1S/C26H27BrN2O4/c1-4-31-24-12-10-20(15-25(24)32-5-2)26(30)29-28-16-21-14-22(27)11-13-23(21)33-17-19-8-6-18(3)7-9-19/h6-16H,4-5,17H2,1-3H3,(H,29,30)/b28-16+. The zero-order chi connectivity index (χ0) is 23.6. The van der Waals surface area contributed by atoms with Crippen molar-refractivity contribution in [3.8, 4) is 17.2 Å². The molecule has 0 saturated heterocycles. The minimum absolute atomic E-state index is 0.354. The van der Waals surface area contributed by atoms with Gasteiger partial charge in [-0.2, -0.15) is 5.10 Å². The average Bonchev–Trinajstić information content (AvgIpc) is 2.81. The Hall–Kier alpha value is -3.32. The molecular formula is C26H27BrN2O4. The van der Waals surface area contributed by atoms with E-state index in [1.165, 1.54) is 5.56 Å². The van der Waals surface area contributed by atoms with E-state index in [-0.39, 0.29) is 5.91 Å². The first kappa shape index (κ1) is 24.3. The molecule has 0 saturated carbocycles. The van der Waals surface area contributed by atoms with Crippen molar-refractivity contribution in [2.45, 2.75) is 27.4 Å². The molecule has 0 radical (unpaired) electrons. The van der Waals surface area contributed by atoms with Crippen LogP contribution in [0.15, 0.2) is 70.2 Å². The normalized spacial score (nSPS) is 10.8. The zero-order valence-electron chi connectivity index (χ0n) is 18.9. The van der Waals surface area contributed by atoms with Crippen molar-refractivity contribution < 1.29 is 19.0 Å². The number of ether oxygens (including phenoxy) is 3. The molecule has 0 spiro atoms. The van der Waals surface area contributed by atoms with Gasteiger partial charge >= 0.3 is 0 Å². The van der Waals surface area contributed by atoms with Crippen LogP contribution < -0.4 is 19.6 Å². The molecule has 0 unspecified atom stereocenters. The molecule has 3 aromatic rings. The molecule has 172 valence electrons. The Bertz CT molecular complexity index is 1110. The van der Waals surface area contributed by atoms with Crippen LogP contribution in [0.1, 0.15) is 40.9 Å². The van der Waals surface area contributed by atoms with E-state index >= 15 is 0 Å². The Balaban J connectivity index is 1.69. The number of amides is 1. The number of nitrogens with zero attached hydrogens (tertiary/aromatic N) is 1. The van der Waals surface area contributed by atoms with Crippen LogP contribution in [0.3, 0.4) is 0 Å². The predicted octanol–water partition coefficient (Wildman–Crippen LogP) is 5.90. The molecule has 6 nitrogen and oxygen atoms in total. The number of hydrogen-bond donors (Lipinski definition) is 1. The summed E-state index contributed by atoms with van der Waals surface area (Å²) < 4.78 is 18.0. The van der Waals surface area contributed by atoms with Gasteiger partial charge in [-0.15, -0.1) is 0 Å². The number of hydrazone groups is 1. The average molecular weight is 511 g/mol. The lowest BCUT2D eigenvalue weighted by molar-refractivity contribution is 0.0954. The molecule has 0 bridgehead atoms. The van der Waals surface area contributed by atoms with Crippen LogP contribution >= 0.6 is 15.9 Å². The number of rotatable bonds is 10. The fourth-order valence-corrected chi connectivity index (χ4v) is 3.39. The van der Waals surface area contributed by atoms with Gasteiger partial charge in [0.1, 0.15) is 12.4 Å². The molecule has 0 aliphatic heterocycles. The van der Waals surface area contributed by atoms with Gasteiger partial charge in [0, 0.05) is 15.6 Å². The first-order valence-corrected chi connectivity index (χ1v) is 11.5. The number of aryl methyl sites for hydroxylation is 1. The molecule has 0 aliphatic rings. The van der Waals surface area contributed by atoms with Crippen LogP contribution in [-0.2, 0) is 6.61 Å². The summed E-state index contributed by atoms with van der Waals surface area (Å²) in [5.41, 5.74) is 5.98. The first-order valence-electron chi connectivity index (χ1n) is 10.7. The highest BCUT2D eigenvalue weighted by atomic mass is 79.9. The minimum Gasteiger partial charge on any atom is -0.490 e. The molecule has 0 atom stereocenters. The Morgan fingerprint density at radius 2 is 1.61 bits per heavy atom. The lowest BCUT2D eigenvalue weighted by Gasteiger charge is -2.12. The van der Waals surface area contributed by atoms with E-state index in [1.54, 1.807) is 24.4 Å². The number of hydrogen-bond acceptors (Lipinski definition) is 5. The number of carbonyl (C=O) groups excluding carboxylic acids is 1. The number of halogens is 1. The van der Waals surface area contributed by atoms with Gasteiger partial charge < -0.3 is 14.2 Å². The Morgan fingerprint density at radius 3 is 2.33 bits per heavy atom. The number of benzene rings is 3. The summed E-state index contributed by atoms with van der Waals surface area (Å²) >= 11 is 3.47. The third-order valence-corrected chi connectivity index (χ3v) is 5.16. The van der Waals surface area contributed by atoms with Crippen LogP contribution in [0.25, 0.3) is 0 Å². The fraction of sp³-hybridized carbons (Fsp3) is 0.231. The molecule has 7 heteroatoms. The topological polar surface area (TPSA) is 69.2 Å². The zero-order valence-corrected chi connectivity index (χ0v) is 20.5. The van der Waals surface area contributed by atoms with Crippen molar-refractivity contribution in [1.29, 1.82) is 0 Å². The predicted molar refractivity (Wildman–Crippen MR) is 133 cm³/mol. The summed E-state index contributed by atoms with van der Waals surface area (Å²) in [7, 11) is 0. The summed E-state index contributed by atoms with van der Waals surface area (Å²) in [5, 5.41) is 4.12. The molecule has 3 aromatic carbocycles. The van der Waals surface area contributed by atoms with Gasteiger partial charge in [-0.1, -0.05) is 45.8 Å². The summed E-state index contributed by atoms with van der Waals surface area (Å²) in [5.74, 6) is 1.43. The SMILES string of the molecule is CCOc1ccc(C(=O)N/N=C/c2cc(Br)ccc2OCc2ccc(C)cc2)cc1OCC. The van der Waals surface area contributed by atoms with Crippen molar-refractivity contribution in [2.75, 3.05) is 13.2 Å². The van der Waals surface area contributed by atoms with E-state index < -0.39 is 0 Å². The second-order valence-electron chi connectivity index (χ2n) is 7.18. The van der Waals surface area contributed by atoms with Crippen molar-refractivity contribution >= 4 is 28.1 Å². The quantitative estimate of drug-likeness (QED) is 0.272. The van der Waals surface area contributed by atoms with Crippen LogP contribution in [0, 0.1) is 6.92 Å². The summed E-state index contributed by atoms with van der Waals surface area (Å²) in [6.45, 7) is 7.23. The molecular weight excluding hydrogens is 484 g/mol. The summed E-state index contributed by atoms with van der Waals surface area (Å²) in [4.78, 5) is 12.6. The smallest absolute Gasteiger partial charge is 0.271 e. The molecule has 0 heterocycles. The van der Waals surface area contributed by atoms with Crippen LogP contribution in [0.4, 0.5) is 0 Å². The maximum absolute atomic E-state index is 12.6. The van der Waals surface area contributed by atoms with Crippen LogP contribution in [-0.4, -0.2) is 25.3 Å². The Labute approximate surface area is 202 Å². The van der Waals surface area contributed by atoms with Gasteiger partial charge in [-0.25, -0.2) is 5.43 Å². The Kier molecular flexibility index (Phi) is 8.89. The third-order valence-electron chi connectivity index (χ3n) is 4.66. The van der Waals surface area contributed by atoms with Crippen LogP contribution in [0.2, 0.25) is 0 Å². The van der Waals surface area contributed by atoms with Gasteiger partial charge in [-0.3, -0.25) is 4.79 Å². The van der Waals surface area contributed by atoms with Gasteiger partial charge in [0.15, 0.2) is 11.5 Å². The maximum atomic E-state index is 12.6. The minimum atomic E-state index is -0.354. The van der Waals surface area contributed by atoms with E-state index in [9.17, 15) is 4.79 Å². The van der Waals surface area contributed by atoms with E-state index in [1.807, 2.05) is 51.1 Å². The summed E-state index contributed by atoms with van der Waals surface area (Å²) in [6, 6.07) is 18.9. The van der Waals surface area contributed by atoms with Gasteiger partial charge in [0.05, 0.1) is 19.4 Å². The van der Waals surface area contributed by atoms with Gasteiger partial charge in [-0.05, 0) is 62.7 Å². The van der Waals surface area contributed by atoms with Gasteiger partial charge in [0.2, 0.25) is 0 Å². The molecule has 1 N–H and O–H groups in total. The van der Waals surface area contributed by atoms with Gasteiger partial charge in [0.25, 0.3) is 5.91 Å². The molecule has 0 aromatic heterocycles. The molecule has 1 amide bonds. The monoisotopic (exact) mass is 510 g/mol. The highest BCUT2D eigenvalue weighted by molar-refractivity contribution is 9.10. The molecule has 0 aliphatic carbocycles. The lowest BCUT2D eigenvalue weighted by atomic mass is 10.1. The van der Waals surface area contributed by atoms with E-state index in [4.69, 9.17) is 14.2 Å². The van der Waals surface area contributed by atoms with E-state index in [0.29, 0.717) is 42.6 Å². The van der Waals surface area contributed by atoms with Crippen molar-refractivity contribution in [2.24, 2.45) is 5.10 Å². The second-order valence-corrected chi connectivity index (χ2v) is 8.10. The third kappa shape index (κ3) is 7.08. The number of nitrogens with one attached hydrogen (secondary N) is 1. The van der Waals surface area contributed by atoms with Crippen molar-refractivity contribution in [3.63, 3.8) is 0 Å². The maximum Gasteiger partial charge on any atom is 0.271 e. The summed E-state index contributed by atoms with van der Waals surface area (Å²) in [6.07, 6.45) is 1.56. The fourth-order valence-electron chi connectivity index (χ4n) is 3.01. The number of carbonyl (C=O) groups is 1. The molecule has 33 heavy (non-hydrogen) atoms. The largest absolute Gasteiger partial charge is 0.490 e. The van der Waals surface area contributed by atoms with Crippen molar-refractivity contribution in [3.05, 3.63) is 87.4 Å². The second kappa shape index (κ2) is 12.1. The Morgan fingerprint density at radius 1 is 0.909 bits per heavy atom.